The summed E-state index contributed by atoms with van der Waals surface area (Å²) in [6.07, 6.45) is 4.12. The largest absolute Gasteiger partial charge is 0.305 e. The van der Waals surface area contributed by atoms with Gasteiger partial charge in [-0.25, -0.2) is 9.97 Å². The van der Waals surface area contributed by atoms with Crippen molar-refractivity contribution in [3.8, 4) is 11.4 Å². The maximum Gasteiger partial charge on any atom is 0.146 e. The van der Waals surface area contributed by atoms with Crippen LogP contribution in [0.4, 0.5) is 0 Å². The van der Waals surface area contributed by atoms with Crippen LogP contribution in [-0.2, 0) is 0 Å². The van der Waals surface area contributed by atoms with Crippen molar-refractivity contribution in [1.29, 1.82) is 0 Å². The van der Waals surface area contributed by atoms with E-state index in [9.17, 15) is 0 Å². The first-order valence-corrected chi connectivity index (χ1v) is 15.3. The number of hydrogen-bond donors (Lipinski definition) is 0. The molecule has 0 fully saturated rings. The highest BCUT2D eigenvalue weighted by Crippen LogP contribution is 2.46. The standard InChI is InChI=1S/C40H23N5/c1-3-12-24(13-4-1)43-30-20-9-7-16-26(30)36-34-28-18-11-19-29-35-33(45(38(28)29)32(34)22-41-39(36)43)23-42-40-37(35)27-17-8-10-21-31(27)44(40)25-14-5-2-6-15-25/h1-23H. The average molecular weight is 574 g/mol. The van der Waals surface area contributed by atoms with E-state index >= 15 is 0 Å². The Hall–Kier alpha value is -6.20. The number of aromatic nitrogens is 5. The van der Waals surface area contributed by atoms with E-state index in [1.54, 1.807) is 0 Å². The highest BCUT2D eigenvalue weighted by Gasteiger charge is 2.25. The van der Waals surface area contributed by atoms with Crippen LogP contribution in [0.3, 0.4) is 0 Å². The van der Waals surface area contributed by atoms with Crippen LogP contribution in [-0.4, -0.2) is 23.5 Å². The van der Waals surface area contributed by atoms with E-state index in [1.807, 2.05) is 0 Å². The number of pyridine rings is 2. The Bertz CT molecular complexity index is 2770. The molecule has 208 valence electrons. The summed E-state index contributed by atoms with van der Waals surface area (Å²) >= 11 is 0. The molecule has 0 unspecified atom stereocenters. The highest BCUT2D eigenvalue weighted by molar-refractivity contribution is 6.36. The van der Waals surface area contributed by atoms with Gasteiger partial charge in [-0.05, 0) is 36.4 Å². The molecule has 0 aliphatic rings. The van der Waals surface area contributed by atoms with Gasteiger partial charge in [-0.2, -0.15) is 0 Å². The third kappa shape index (κ3) is 2.79. The molecule has 0 spiro atoms. The first-order chi connectivity index (χ1) is 22.4. The summed E-state index contributed by atoms with van der Waals surface area (Å²) in [6, 6.07) is 45.2. The predicted molar refractivity (Wildman–Crippen MR) is 185 cm³/mol. The van der Waals surface area contributed by atoms with E-state index in [-0.39, 0.29) is 0 Å². The minimum Gasteiger partial charge on any atom is -0.305 e. The average Bonchev–Trinajstić information content (AvgIpc) is 3.82. The van der Waals surface area contributed by atoms with Gasteiger partial charge in [0.2, 0.25) is 0 Å². The van der Waals surface area contributed by atoms with Crippen molar-refractivity contribution in [3.63, 3.8) is 0 Å². The molecule has 0 atom stereocenters. The Labute approximate surface area is 256 Å². The summed E-state index contributed by atoms with van der Waals surface area (Å²) in [5, 5.41) is 9.74. The quantitative estimate of drug-likeness (QED) is 0.207. The molecule has 0 saturated carbocycles. The van der Waals surface area contributed by atoms with Crippen LogP contribution in [0.15, 0.2) is 140 Å². The number of para-hydroxylation sites is 5. The molecule has 0 aliphatic carbocycles. The Balaban J connectivity index is 1.35. The van der Waals surface area contributed by atoms with Gasteiger partial charge in [0.15, 0.2) is 0 Å². The maximum absolute atomic E-state index is 5.20. The molecule has 0 amide bonds. The first-order valence-electron chi connectivity index (χ1n) is 15.3. The highest BCUT2D eigenvalue weighted by atomic mass is 15.1. The Morgan fingerprint density at radius 3 is 1.27 bits per heavy atom. The lowest BCUT2D eigenvalue weighted by molar-refractivity contribution is 1.13. The van der Waals surface area contributed by atoms with Crippen LogP contribution < -0.4 is 0 Å². The molecule has 0 aliphatic heterocycles. The fourth-order valence-electron chi connectivity index (χ4n) is 7.94. The summed E-state index contributed by atoms with van der Waals surface area (Å²) < 4.78 is 6.98. The summed E-state index contributed by atoms with van der Waals surface area (Å²) in [5.41, 5.74) is 9.91. The number of hydrogen-bond acceptors (Lipinski definition) is 2. The van der Waals surface area contributed by atoms with Crippen molar-refractivity contribution in [2.75, 3.05) is 0 Å². The lowest BCUT2D eigenvalue weighted by Gasteiger charge is -2.07. The van der Waals surface area contributed by atoms with Gasteiger partial charge in [0, 0.05) is 54.5 Å². The van der Waals surface area contributed by atoms with E-state index < -0.39 is 0 Å². The molecule has 0 radical (unpaired) electrons. The van der Waals surface area contributed by atoms with E-state index in [1.165, 1.54) is 48.6 Å². The number of nitrogens with zero attached hydrogens (tertiary/aromatic N) is 5. The van der Waals surface area contributed by atoms with Crippen LogP contribution in [0.25, 0.3) is 93.3 Å². The molecule has 11 aromatic rings. The summed E-state index contributed by atoms with van der Waals surface area (Å²) in [5.74, 6) is 0. The van der Waals surface area contributed by atoms with E-state index in [0.29, 0.717) is 0 Å². The molecular weight excluding hydrogens is 550 g/mol. The van der Waals surface area contributed by atoms with E-state index in [2.05, 4.69) is 153 Å². The topological polar surface area (TPSA) is 40.0 Å². The van der Waals surface area contributed by atoms with Gasteiger partial charge >= 0.3 is 0 Å². The van der Waals surface area contributed by atoms with Gasteiger partial charge < -0.3 is 4.40 Å². The van der Waals surface area contributed by atoms with Gasteiger partial charge in [-0.1, -0.05) is 91.0 Å². The van der Waals surface area contributed by atoms with Crippen molar-refractivity contribution in [2.45, 2.75) is 0 Å². The zero-order valence-electron chi connectivity index (χ0n) is 24.0. The third-order valence-electron chi connectivity index (χ3n) is 9.64. The second kappa shape index (κ2) is 8.24. The summed E-state index contributed by atoms with van der Waals surface area (Å²) in [6.45, 7) is 0. The molecule has 5 aromatic carbocycles. The van der Waals surface area contributed by atoms with E-state index in [0.717, 1.165) is 44.7 Å². The molecule has 6 aromatic heterocycles. The Morgan fingerprint density at radius 2 is 0.778 bits per heavy atom. The summed E-state index contributed by atoms with van der Waals surface area (Å²) in [7, 11) is 0. The lowest BCUT2D eigenvalue weighted by atomic mass is 10.0. The predicted octanol–water partition coefficient (Wildman–Crippen LogP) is 9.82. The zero-order chi connectivity index (χ0) is 29.2. The van der Waals surface area contributed by atoms with Crippen LogP contribution in [0, 0.1) is 0 Å². The van der Waals surface area contributed by atoms with E-state index in [4.69, 9.17) is 9.97 Å². The second-order valence-electron chi connectivity index (χ2n) is 11.8. The molecule has 6 heterocycles. The SMILES string of the molecule is c1ccc(-n2c3ccccc3c3c4c5cccc6c7c8c9ccccc9n(-c9ccccc9)c8ncc7n(c4cnc32)c56)cc1. The monoisotopic (exact) mass is 573 g/mol. The minimum absolute atomic E-state index is 0.972. The van der Waals surface area contributed by atoms with Gasteiger partial charge in [0.05, 0.1) is 40.0 Å². The van der Waals surface area contributed by atoms with Crippen molar-refractivity contribution in [2.24, 2.45) is 0 Å². The van der Waals surface area contributed by atoms with Crippen molar-refractivity contribution in [1.82, 2.24) is 23.5 Å². The third-order valence-corrected chi connectivity index (χ3v) is 9.64. The van der Waals surface area contributed by atoms with Crippen molar-refractivity contribution in [3.05, 3.63) is 140 Å². The molecular formula is C40H23N5. The fourth-order valence-corrected chi connectivity index (χ4v) is 7.94. The van der Waals surface area contributed by atoms with Crippen LogP contribution in [0.5, 0.6) is 0 Å². The fraction of sp³-hybridized carbons (Fsp3) is 0. The van der Waals surface area contributed by atoms with Crippen LogP contribution in [0.2, 0.25) is 0 Å². The van der Waals surface area contributed by atoms with Crippen LogP contribution >= 0.6 is 0 Å². The molecule has 11 rings (SSSR count). The normalized spacial score (nSPS) is 12.4. The van der Waals surface area contributed by atoms with Gasteiger partial charge in [0.1, 0.15) is 11.3 Å². The summed E-state index contributed by atoms with van der Waals surface area (Å²) in [4.78, 5) is 10.4. The first kappa shape index (κ1) is 23.3. The molecule has 0 N–H and O–H groups in total. The van der Waals surface area contributed by atoms with Gasteiger partial charge in [-0.3, -0.25) is 9.13 Å². The Kier molecular flexibility index (Phi) is 4.26. The number of fused-ring (bicyclic) bond motifs is 14. The maximum atomic E-state index is 5.20. The molecule has 5 nitrogen and oxygen atoms in total. The zero-order valence-corrected chi connectivity index (χ0v) is 24.0. The number of benzene rings is 5. The number of rotatable bonds is 2. The van der Waals surface area contributed by atoms with Gasteiger partial charge in [0.25, 0.3) is 0 Å². The molecule has 0 bridgehead atoms. The van der Waals surface area contributed by atoms with Crippen LogP contribution in [0.1, 0.15) is 0 Å². The van der Waals surface area contributed by atoms with Gasteiger partial charge in [-0.15, -0.1) is 0 Å². The van der Waals surface area contributed by atoms with Crippen molar-refractivity contribution >= 4 is 82.0 Å². The molecule has 5 heteroatoms. The second-order valence-corrected chi connectivity index (χ2v) is 11.8. The molecule has 45 heavy (non-hydrogen) atoms. The lowest BCUT2D eigenvalue weighted by Crippen LogP contribution is -1.95. The minimum atomic E-state index is 0.972. The molecule has 0 saturated heterocycles. The Morgan fingerprint density at radius 1 is 0.356 bits per heavy atom. The smallest absolute Gasteiger partial charge is 0.146 e. The van der Waals surface area contributed by atoms with Crippen molar-refractivity contribution < 1.29 is 0 Å².